The maximum atomic E-state index is 12.2. The van der Waals surface area contributed by atoms with Gasteiger partial charge in [-0.15, -0.1) is 0 Å². The number of hydrogen-bond acceptors (Lipinski definition) is 6. The van der Waals surface area contributed by atoms with Crippen LogP contribution in [-0.2, 0) is 4.79 Å². The van der Waals surface area contributed by atoms with Crippen LogP contribution in [0.3, 0.4) is 0 Å². The van der Waals surface area contributed by atoms with Gasteiger partial charge in [-0.1, -0.05) is 17.8 Å². The molecule has 21 heavy (non-hydrogen) atoms. The van der Waals surface area contributed by atoms with Crippen molar-refractivity contribution in [2.45, 2.75) is 25.7 Å². The number of rotatable bonds is 7. The SMILES string of the molecule is COc1cc(C(O)C(O)CSC(C)=O)ccc1OC(F)F. The predicted molar refractivity (Wildman–Crippen MR) is 73.7 cm³/mol. The molecule has 118 valence electrons. The molecule has 0 aromatic heterocycles. The molecule has 2 N–H and O–H groups in total. The van der Waals surface area contributed by atoms with Crippen molar-refractivity contribution in [1.82, 2.24) is 0 Å². The molecule has 2 unspecified atom stereocenters. The van der Waals surface area contributed by atoms with E-state index in [1.54, 1.807) is 0 Å². The molecule has 0 fully saturated rings. The van der Waals surface area contributed by atoms with Gasteiger partial charge in [-0.2, -0.15) is 8.78 Å². The molecule has 5 nitrogen and oxygen atoms in total. The fraction of sp³-hybridized carbons (Fsp3) is 0.462. The Bertz CT molecular complexity index is 484. The molecule has 0 spiro atoms. The van der Waals surface area contributed by atoms with Crippen molar-refractivity contribution < 1.29 is 33.3 Å². The van der Waals surface area contributed by atoms with Crippen LogP contribution in [0.2, 0.25) is 0 Å². The molecule has 0 bridgehead atoms. The molecule has 1 aromatic rings. The summed E-state index contributed by atoms with van der Waals surface area (Å²) >= 11 is 0.880. The number of benzene rings is 1. The van der Waals surface area contributed by atoms with Gasteiger partial charge in [0.05, 0.1) is 13.2 Å². The lowest BCUT2D eigenvalue weighted by Gasteiger charge is -2.19. The van der Waals surface area contributed by atoms with E-state index in [1.165, 1.54) is 32.2 Å². The highest BCUT2D eigenvalue weighted by Gasteiger charge is 2.21. The first-order chi connectivity index (χ1) is 9.85. The standard InChI is InChI=1S/C13H16F2O5S/c1-7(16)21-6-9(17)12(18)8-3-4-10(20-13(14)15)11(5-8)19-2/h3-5,9,12-13,17-18H,6H2,1-2H3. The number of hydrogen-bond donors (Lipinski definition) is 2. The van der Waals surface area contributed by atoms with E-state index in [2.05, 4.69) is 4.74 Å². The Morgan fingerprint density at radius 1 is 1.33 bits per heavy atom. The van der Waals surface area contributed by atoms with Gasteiger partial charge in [-0.25, -0.2) is 0 Å². The third-order valence-electron chi connectivity index (χ3n) is 2.57. The van der Waals surface area contributed by atoms with Gasteiger partial charge in [-0.3, -0.25) is 4.79 Å². The van der Waals surface area contributed by atoms with Crippen molar-refractivity contribution in [2.75, 3.05) is 12.9 Å². The highest BCUT2D eigenvalue weighted by atomic mass is 32.2. The largest absolute Gasteiger partial charge is 0.493 e. The first-order valence-electron chi connectivity index (χ1n) is 5.97. The number of aliphatic hydroxyl groups excluding tert-OH is 2. The molecule has 0 aliphatic carbocycles. The second-order valence-corrected chi connectivity index (χ2v) is 5.30. The van der Waals surface area contributed by atoms with Crippen LogP contribution in [0, 0.1) is 0 Å². The molecule has 0 heterocycles. The summed E-state index contributed by atoms with van der Waals surface area (Å²) < 4.78 is 33.6. The fourth-order valence-corrected chi connectivity index (χ4v) is 2.17. The Morgan fingerprint density at radius 2 is 2.00 bits per heavy atom. The van der Waals surface area contributed by atoms with Gasteiger partial charge >= 0.3 is 6.61 Å². The van der Waals surface area contributed by atoms with Crippen molar-refractivity contribution in [3.05, 3.63) is 23.8 Å². The third-order valence-corrected chi connectivity index (χ3v) is 3.48. The van der Waals surface area contributed by atoms with Crippen LogP contribution in [0.25, 0.3) is 0 Å². The van der Waals surface area contributed by atoms with E-state index in [1.807, 2.05) is 0 Å². The quantitative estimate of drug-likeness (QED) is 0.799. The van der Waals surface area contributed by atoms with Gasteiger partial charge < -0.3 is 19.7 Å². The molecular weight excluding hydrogens is 306 g/mol. The van der Waals surface area contributed by atoms with E-state index in [9.17, 15) is 23.8 Å². The summed E-state index contributed by atoms with van der Waals surface area (Å²) in [4.78, 5) is 10.8. The maximum Gasteiger partial charge on any atom is 0.387 e. The fourth-order valence-electron chi connectivity index (χ4n) is 1.58. The minimum atomic E-state index is -2.99. The second-order valence-electron chi connectivity index (χ2n) is 4.10. The Kier molecular flexibility index (Phi) is 6.86. The Morgan fingerprint density at radius 3 is 2.52 bits per heavy atom. The monoisotopic (exact) mass is 322 g/mol. The Hall–Kier alpha value is -1.38. The summed E-state index contributed by atoms with van der Waals surface area (Å²) in [5.41, 5.74) is 0.269. The normalized spacial score (nSPS) is 13.9. The molecule has 1 rings (SSSR count). The topological polar surface area (TPSA) is 76.0 Å². The van der Waals surface area contributed by atoms with E-state index < -0.39 is 18.8 Å². The van der Waals surface area contributed by atoms with Gasteiger partial charge in [0.15, 0.2) is 16.6 Å². The van der Waals surface area contributed by atoms with Crippen LogP contribution in [-0.4, -0.2) is 40.9 Å². The third kappa shape index (κ3) is 5.49. The average Bonchev–Trinajstić information content (AvgIpc) is 2.43. The molecule has 0 saturated carbocycles. The van der Waals surface area contributed by atoms with Gasteiger partial charge in [0.25, 0.3) is 0 Å². The van der Waals surface area contributed by atoms with Gasteiger partial charge in [0.1, 0.15) is 6.10 Å². The molecule has 0 amide bonds. The molecule has 8 heteroatoms. The van der Waals surface area contributed by atoms with Crippen LogP contribution in [0.4, 0.5) is 8.78 Å². The van der Waals surface area contributed by atoms with E-state index in [-0.39, 0.29) is 27.9 Å². The number of carbonyl (C=O) groups is 1. The molecule has 0 saturated heterocycles. The number of thioether (sulfide) groups is 1. The number of aliphatic hydroxyl groups is 2. The molecule has 1 aromatic carbocycles. The highest BCUT2D eigenvalue weighted by Crippen LogP contribution is 2.32. The maximum absolute atomic E-state index is 12.2. The summed E-state index contributed by atoms with van der Waals surface area (Å²) in [6.07, 6.45) is -2.45. The molecular formula is C13H16F2O5S. The summed E-state index contributed by atoms with van der Waals surface area (Å²) in [5.74, 6) is -0.136. The number of ether oxygens (including phenoxy) is 2. The van der Waals surface area contributed by atoms with E-state index in [0.717, 1.165) is 11.8 Å². The lowest BCUT2D eigenvalue weighted by atomic mass is 10.0. The van der Waals surface area contributed by atoms with Crippen molar-refractivity contribution >= 4 is 16.9 Å². The highest BCUT2D eigenvalue weighted by molar-refractivity contribution is 8.13. The summed E-state index contributed by atoms with van der Waals surface area (Å²) in [6, 6.07) is 3.85. The number of carbonyl (C=O) groups excluding carboxylic acids is 1. The van der Waals surface area contributed by atoms with E-state index in [4.69, 9.17) is 4.74 Å². The van der Waals surface area contributed by atoms with E-state index >= 15 is 0 Å². The summed E-state index contributed by atoms with van der Waals surface area (Å²) in [6.45, 7) is -1.64. The Balaban J connectivity index is 2.85. The van der Waals surface area contributed by atoms with Crippen molar-refractivity contribution in [2.24, 2.45) is 0 Å². The zero-order valence-electron chi connectivity index (χ0n) is 11.5. The number of alkyl halides is 2. The first-order valence-corrected chi connectivity index (χ1v) is 6.96. The molecule has 2 atom stereocenters. The summed E-state index contributed by atoms with van der Waals surface area (Å²) in [7, 11) is 1.27. The van der Waals surface area contributed by atoms with Crippen LogP contribution in [0.1, 0.15) is 18.6 Å². The van der Waals surface area contributed by atoms with Crippen LogP contribution in [0.5, 0.6) is 11.5 Å². The van der Waals surface area contributed by atoms with Crippen molar-refractivity contribution in [3.63, 3.8) is 0 Å². The van der Waals surface area contributed by atoms with Gasteiger partial charge in [-0.05, 0) is 17.7 Å². The van der Waals surface area contributed by atoms with Crippen molar-refractivity contribution in [1.29, 1.82) is 0 Å². The summed E-state index contributed by atoms with van der Waals surface area (Å²) in [5, 5.41) is 19.6. The zero-order valence-corrected chi connectivity index (χ0v) is 12.3. The number of halogens is 2. The minimum absolute atomic E-state index is 0.0123. The van der Waals surface area contributed by atoms with Crippen LogP contribution in [0.15, 0.2) is 18.2 Å². The zero-order chi connectivity index (χ0) is 16.0. The smallest absolute Gasteiger partial charge is 0.387 e. The second kappa shape index (κ2) is 8.16. The lowest BCUT2D eigenvalue weighted by Crippen LogP contribution is -2.21. The minimum Gasteiger partial charge on any atom is -0.493 e. The van der Waals surface area contributed by atoms with E-state index in [0.29, 0.717) is 0 Å². The molecule has 0 aliphatic heterocycles. The lowest BCUT2D eigenvalue weighted by molar-refractivity contribution is -0.109. The predicted octanol–water partition coefficient (Wildman–Crippen LogP) is 1.97. The van der Waals surface area contributed by atoms with Crippen LogP contribution < -0.4 is 9.47 Å². The Labute approximate surface area is 124 Å². The van der Waals surface area contributed by atoms with Crippen LogP contribution >= 0.6 is 11.8 Å². The first kappa shape index (κ1) is 17.7. The van der Waals surface area contributed by atoms with Crippen molar-refractivity contribution in [3.8, 4) is 11.5 Å². The van der Waals surface area contributed by atoms with Gasteiger partial charge in [0.2, 0.25) is 0 Å². The average molecular weight is 322 g/mol. The number of methoxy groups -OCH3 is 1. The molecule has 0 aliphatic rings. The van der Waals surface area contributed by atoms with Gasteiger partial charge in [0, 0.05) is 12.7 Å². The molecule has 0 radical (unpaired) electrons.